The van der Waals surface area contributed by atoms with Crippen molar-refractivity contribution in [2.24, 2.45) is 0 Å². The molecule has 8 heteroatoms. The van der Waals surface area contributed by atoms with Crippen molar-refractivity contribution in [1.29, 1.82) is 0 Å². The second-order valence-corrected chi connectivity index (χ2v) is 6.45. The van der Waals surface area contributed by atoms with Crippen LogP contribution in [0.1, 0.15) is 11.7 Å². The lowest BCUT2D eigenvalue weighted by Gasteiger charge is -2.36. The zero-order chi connectivity index (χ0) is 19.4. The summed E-state index contributed by atoms with van der Waals surface area (Å²) in [6, 6.07) is 11.7. The molecule has 27 heavy (non-hydrogen) atoms. The van der Waals surface area contributed by atoms with Gasteiger partial charge in [-0.1, -0.05) is 30.3 Å². The summed E-state index contributed by atoms with van der Waals surface area (Å²) in [7, 11) is 1.33. The lowest BCUT2D eigenvalue weighted by Crippen LogP contribution is -2.47. The topological polar surface area (TPSA) is 79.1 Å². The van der Waals surface area contributed by atoms with E-state index in [0.29, 0.717) is 38.4 Å². The Hall–Kier alpha value is -2.71. The lowest BCUT2D eigenvalue weighted by atomic mass is 10.1. The van der Waals surface area contributed by atoms with Gasteiger partial charge in [0.1, 0.15) is 5.69 Å². The van der Waals surface area contributed by atoms with Crippen LogP contribution < -0.4 is 9.64 Å². The van der Waals surface area contributed by atoms with Crippen molar-refractivity contribution in [3.63, 3.8) is 0 Å². The van der Waals surface area contributed by atoms with Crippen LogP contribution >= 0.6 is 0 Å². The highest BCUT2D eigenvalue weighted by atomic mass is 19.1. The summed E-state index contributed by atoms with van der Waals surface area (Å²) >= 11 is 0. The van der Waals surface area contributed by atoms with Crippen molar-refractivity contribution in [2.45, 2.75) is 6.10 Å². The normalized spacial score (nSPS) is 16.2. The summed E-state index contributed by atoms with van der Waals surface area (Å²) in [6.45, 7) is 2.85. The molecule has 0 spiro atoms. The Morgan fingerprint density at radius 3 is 2.48 bits per heavy atom. The van der Waals surface area contributed by atoms with Gasteiger partial charge >= 0.3 is 0 Å². The summed E-state index contributed by atoms with van der Waals surface area (Å²) < 4.78 is 18.8. The van der Waals surface area contributed by atoms with Gasteiger partial charge in [0.25, 0.3) is 5.69 Å². The quantitative estimate of drug-likeness (QED) is 0.618. The Morgan fingerprint density at radius 1 is 1.22 bits per heavy atom. The Bertz CT molecular complexity index is 795. The molecule has 3 rings (SSSR count). The number of ether oxygens (including phenoxy) is 1. The van der Waals surface area contributed by atoms with E-state index in [0.717, 1.165) is 11.6 Å². The van der Waals surface area contributed by atoms with Crippen LogP contribution in [0.3, 0.4) is 0 Å². The number of rotatable bonds is 6. The maximum atomic E-state index is 13.8. The molecule has 0 radical (unpaired) electrons. The minimum atomic E-state index is -0.752. The minimum Gasteiger partial charge on any atom is -0.494 e. The fourth-order valence-electron chi connectivity index (χ4n) is 3.28. The van der Waals surface area contributed by atoms with E-state index in [2.05, 4.69) is 4.90 Å². The molecule has 0 bridgehead atoms. The smallest absolute Gasteiger partial charge is 0.295 e. The van der Waals surface area contributed by atoms with E-state index in [1.807, 2.05) is 35.2 Å². The molecule has 1 fully saturated rings. The predicted octanol–water partition coefficient (Wildman–Crippen LogP) is 2.60. The maximum absolute atomic E-state index is 13.8. The van der Waals surface area contributed by atoms with Crippen molar-refractivity contribution >= 4 is 11.4 Å². The number of hydrogen-bond donors (Lipinski definition) is 1. The number of methoxy groups -OCH3 is 1. The largest absolute Gasteiger partial charge is 0.494 e. The number of nitro benzene ring substituents is 1. The number of β-amino-alcohol motifs (C(OH)–C–C–N with tert-alkyl or cyclic N) is 1. The van der Waals surface area contributed by atoms with Gasteiger partial charge < -0.3 is 14.7 Å². The molecule has 1 N–H and O–H groups in total. The number of halogens is 1. The van der Waals surface area contributed by atoms with E-state index in [9.17, 15) is 19.6 Å². The Kier molecular flexibility index (Phi) is 5.88. The number of nitro groups is 1. The summed E-state index contributed by atoms with van der Waals surface area (Å²) in [6.07, 6.45) is -0.585. The number of benzene rings is 2. The Morgan fingerprint density at radius 2 is 1.89 bits per heavy atom. The van der Waals surface area contributed by atoms with Crippen LogP contribution in [0.4, 0.5) is 15.8 Å². The Labute approximate surface area is 156 Å². The molecule has 0 amide bonds. The van der Waals surface area contributed by atoms with Gasteiger partial charge in [-0.3, -0.25) is 15.0 Å². The highest BCUT2D eigenvalue weighted by molar-refractivity contribution is 5.66. The molecule has 0 aliphatic carbocycles. The van der Waals surface area contributed by atoms with Crippen molar-refractivity contribution in [3.05, 3.63) is 64.0 Å². The molecule has 2 aromatic carbocycles. The lowest BCUT2D eigenvalue weighted by molar-refractivity contribution is -0.384. The van der Waals surface area contributed by atoms with E-state index >= 15 is 0 Å². The van der Waals surface area contributed by atoms with Gasteiger partial charge in [-0.25, -0.2) is 4.39 Å². The molecule has 1 atom stereocenters. The van der Waals surface area contributed by atoms with E-state index in [4.69, 9.17) is 4.74 Å². The summed E-state index contributed by atoms with van der Waals surface area (Å²) in [4.78, 5) is 14.7. The van der Waals surface area contributed by atoms with E-state index in [1.54, 1.807) is 0 Å². The number of hydrogen-bond acceptors (Lipinski definition) is 6. The van der Waals surface area contributed by atoms with Crippen LogP contribution in [0, 0.1) is 15.9 Å². The highest BCUT2D eigenvalue weighted by Gasteiger charge is 2.27. The van der Waals surface area contributed by atoms with Crippen LogP contribution in [0.5, 0.6) is 5.75 Å². The van der Waals surface area contributed by atoms with Crippen molar-refractivity contribution < 1.29 is 19.2 Å². The molecular weight excluding hydrogens is 353 g/mol. The fraction of sp³-hybridized carbons (Fsp3) is 0.368. The summed E-state index contributed by atoms with van der Waals surface area (Å²) in [5.41, 5.74) is 0.936. The molecule has 1 heterocycles. The minimum absolute atomic E-state index is 0.0162. The number of anilines is 1. The third-order valence-electron chi connectivity index (χ3n) is 4.77. The van der Waals surface area contributed by atoms with Gasteiger partial charge in [0.15, 0.2) is 11.6 Å². The van der Waals surface area contributed by atoms with Crippen LogP contribution in [0.25, 0.3) is 0 Å². The molecule has 1 aliphatic rings. The van der Waals surface area contributed by atoms with E-state index in [1.165, 1.54) is 13.2 Å². The first-order valence-corrected chi connectivity index (χ1v) is 8.72. The van der Waals surface area contributed by atoms with Crippen LogP contribution in [-0.2, 0) is 0 Å². The van der Waals surface area contributed by atoms with Crippen LogP contribution in [0.2, 0.25) is 0 Å². The van der Waals surface area contributed by atoms with Gasteiger partial charge in [-0.2, -0.15) is 0 Å². The monoisotopic (exact) mass is 375 g/mol. The number of nitrogens with zero attached hydrogens (tertiary/aromatic N) is 3. The molecule has 0 saturated carbocycles. The number of aliphatic hydroxyl groups is 1. The number of piperazine rings is 1. The number of aliphatic hydroxyl groups excluding tert-OH is 1. The molecular formula is C19H22FN3O4. The third kappa shape index (κ3) is 4.35. The standard InChI is InChI=1S/C19H22FN3O4/c1-27-19-12-16(17(23(25)26)11-15(19)20)22-9-7-21(8-10-22)13-18(24)14-5-3-2-4-6-14/h2-6,11-12,18,24H,7-10,13H2,1H3. The zero-order valence-corrected chi connectivity index (χ0v) is 15.0. The molecule has 144 valence electrons. The van der Waals surface area contributed by atoms with Gasteiger partial charge in [0.05, 0.1) is 24.2 Å². The predicted molar refractivity (Wildman–Crippen MR) is 99.7 cm³/mol. The summed E-state index contributed by atoms with van der Waals surface area (Å²) in [5.74, 6) is -0.768. The third-order valence-corrected chi connectivity index (χ3v) is 4.77. The molecule has 0 aromatic heterocycles. The molecule has 1 aliphatic heterocycles. The molecule has 2 aromatic rings. The maximum Gasteiger partial charge on any atom is 0.295 e. The zero-order valence-electron chi connectivity index (χ0n) is 15.0. The molecule has 1 saturated heterocycles. The Balaban J connectivity index is 1.68. The van der Waals surface area contributed by atoms with Crippen LogP contribution in [0.15, 0.2) is 42.5 Å². The van der Waals surface area contributed by atoms with E-state index < -0.39 is 16.8 Å². The highest BCUT2D eigenvalue weighted by Crippen LogP contribution is 2.35. The van der Waals surface area contributed by atoms with Crippen molar-refractivity contribution in [1.82, 2.24) is 4.90 Å². The average Bonchev–Trinajstić information content (AvgIpc) is 2.69. The average molecular weight is 375 g/mol. The van der Waals surface area contributed by atoms with Gasteiger partial charge in [0.2, 0.25) is 0 Å². The van der Waals surface area contributed by atoms with Crippen molar-refractivity contribution in [3.8, 4) is 5.75 Å². The van der Waals surface area contributed by atoms with Crippen molar-refractivity contribution in [2.75, 3.05) is 44.7 Å². The van der Waals surface area contributed by atoms with Gasteiger partial charge in [-0.15, -0.1) is 0 Å². The second kappa shape index (κ2) is 8.32. The first-order chi connectivity index (χ1) is 13.0. The first-order valence-electron chi connectivity index (χ1n) is 8.72. The first kappa shape index (κ1) is 19.1. The van der Waals surface area contributed by atoms with Crippen LogP contribution in [-0.4, -0.2) is 54.8 Å². The molecule has 7 nitrogen and oxygen atoms in total. The second-order valence-electron chi connectivity index (χ2n) is 6.45. The van der Waals surface area contributed by atoms with E-state index in [-0.39, 0.29) is 11.4 Å². The SMILES string of the molecule is COc1cc(N2CCN(CC(O)c3ccccc3)CC2)c([N+](=O)[O-])cc1F. The van der Waals surface area contributed by atoms with Gasteiger partial charge in [-0.05, 0) is 5.56 Å². The van der Waals surface area contributed by atoms with Gasteiger partial charge in [0, 0.05) is 38.8 Å². The summed E-state index contributed by atoms with van der Waals surface area (Å²) in [5, 5.41) is 21.7. The fourth-order valence-corrected chi connectivity index (χ4v) is 3.28. The molecule has 1 unspecified atom stereocenters.